The monoisotopic (exact) mass is 433 g/mol. The third kappa shape index (κ3) is 7.16. The van der Waals surface area contributed by atoms with Crippen molar-refractivity contribution in [2.45, 2.75) is 39.6 Å². The summed E-state index contributed by atoms with van der Waals surface area (Å²) in [4.78, 5) is 24.9. The van der Waals surface area contributed by atoms with Gasteiger partial charge in [-0.3, -0.25) is 5.32 Å². The Balaban J connectivity index is 1.77. The van der Waals surface area contributed by atoms with E-state index in [0.29, 0.717) is 11.4 Å². The Morgan fingerprint density at radius 3 is 2.00 bits per heavy atom. The molecular weight excluding hydrogens is 406 g/mol. The van der Waals surface area contributed by atoms with Gasteiger partial charge in [0.15, 0.2) is 0 Å². The Bertz CT molecular complexity index is 1040. The van der Waals surface area contributed by atoms with Crippen molar-refractivity contribution in [1.29, 1.82) is 0 Å². The lowest BCUT2D eigenvalue weighted by Crippen LogP contribution is -2.27. The number of hydrogen-bond acceptors (Lipinski definition) is 5. The largest absolute Gasteiger partial charge is 0.488 e. The number of nitrogens with one attached hydrogen (secondary N) is 1. The molecule has 1 N–H and O–H groups in total. The number of ether oxygens (including phenoxy) is 3. The van der Waals surface area contributed by atoms with E-state index in [-0.39, 0.29) is 18.8 Å². The van der Waals surface area contributed by atoms with E-state index in [2.05, 4.69) is 5.32 Å². The maximum absolute atomic E-state index is 12.8. The second-order valence-electron chi connectivity index (χ2n) is 8.17. The molecule has 0 fully saturated rings. The maximum Gasteiger partial charge on any atom is 0.412 e. The maximum atomic E-state index is 12.8. The summed E-state index contributed by atoms with van der Waals surface area (Å²) in [5.74, 6) is -0.207. The van der Waals surface area contributed by atoms with Crippen LogP contribution in [0.4, 0.5) is 10.5 Å². The predicted molar refractivity (Wildman–Crippen MR) is 123 cm³/mol. The van der Waals surface area contributed by atoms with E-state index in [9.17, 15) is 9.59 Å². The zero-order valence-corrected chi connectivity index (χ0v) is 18.5. The van der Waals surface area contributed by atoms with Crippen LogP contribution in [0, 0.1) is 0 Å². The highest BCUT2D eigenvalue weighted by atomic mass is 16.6. The van der Waals surface area contributed by atoms with Crippen molar-refractivity contribution in [2.75, 3.05) is 5.32 Å². The van der Waals surface area contributed by atoms with Crippen LogP contribution in [0.1, 0.15) is 42.3 Å². The molecule has 3 aromatic rings. The topological polar surface area (TPSA) is 73.9 Å². The molecule has 3 rings (SSSR count). The highest BCUT2D eigenvalue weighted by molar-refractivity contribution is 5.94. The van der Waals surface area contributed by atoms with Gasteiger partial charge < -0.3 is 14.2 Å². The number of rotatable bonds is 7. The number of hydrogen-bond donors (Lipinski definition) is 1. The van der Waals surface area contributed by atoms with Gasteiger partial charge in [0.1, 0.15) is 30.1 Å². The van der Waals surface area contributed by atoms with Crippen LogP contribution in [0.5, 0.6) is 5.75 Å². The average molecular weight is 434 g/mol. The first-order chi connectivity index (χ1) is 15.3. The first-order valence-corrected chi connectivity index (χ1v) is 10.3. The normalized spacial score (nSPS) is 10.8. The van der Waals surface area contributed by atoms with E-state index in [0.717, 1.165) is 11.1 Å². The molecule has 0 radical (unpaired) electrons. The molecule has 0 aliphatic heterocycles. The highest BCUT2D eigenvalue weighted by Gasteiger charge is 2.19. The summed E-state index contributed by atoms with van der Waals surface area (Å²) in [7, 11) is 0. The molecule has 0 aliphatic rings. The summed E-state index contributed by atoms with van der Waals surface area (Å²) < 4.78 is 16.7. The van der Waals surface area contributed by atoms with Crippen LogP contribution in [0.15, 0.2) is 78.9 Å². The molecule has 0 unspecified atom stereocenters. The molecule has 0 bridgehead atoms. The Morgan fingerprint density at radius 1 is 0.812 bits per heavy atom. The Labute approximate surface area is 188 Å². The van der Waals surface area contributed by atoms with E-state index in [4.69, 9.17) is 14.2 Å². The Hall–Kier alpha value is -3.80. The number of anilines is 1. The lowest BCUT2D eigenvalue weighted by molar-refractivity contribution is 0.0467. The fourth-order valence-corrected chi connectivity index (χ4v) is 2.85. The average Bonchev–Trinajstić information content (AvgIpc) is 2.76. The van der Waals surface area contributed by atoms with Crippen LogP contribution < -0.4 is 10.1 Å². The van der Waals surface area contributed by atoms with Gasteiger partial charge in [0.05, 0.1) is 0 Å². The van der Waals surface area contributed by atoms with Gasteiger partial charge in [-0.15, -0.1) is 0 Å². The van der Waals surface area contributed by atoms with Crippen molar-refractivity contribution < 1.29 is 23.8 Å². The van der Waals surface area contributed by atoms with E-state index in [1.807, 2.05) is 60.7 Å². The van der Waals surface area contributed by atoms with Crippen molar-refractivity contribution in [3.05, 3.63) is 95.6 Å². The van der Waals surface area contributed by atoms with Gasteiger partial charge in [0.25, 0.3) is 0 Å². The minimum atomic E-state index is -0.627. The number of amides is 1. The minimum absolute atomic E-state index is 0.149. The van der Waals surface area contributed by atoms with Crippen LogP contribution in [-0.4, -0.2) is 17.7 Å². The van der Waals surface area contributed by atoms with Crippen molar-refractivity contribution in [3.8, 4) is 5.75 Å². The minimum Gasteiger partial charge on any atom is -0.488 e. The van der Waals surface area contributed by atoms with Gasteiger partial charge in [-0.05, 0) is 44.0 Å². The van der Waals surface area contributed by atoms with Gasteiger partial charge in [-0.25, -0.2) is 9.59 Å². The molecule has 6 heteroatoms. The zero-order chi connectivity index (χ0) is 23.0. The van der Waals surface area contributed by atoms with Gasteiger partial charge in [-0.1, -0.05) is 60.7 Å². The summed E-state index contributed by atoms with van der Waals surface area (Å²) >= 11 is 0. The summed E-state index contributed by atoms with van der Waals surface area (Å²) in [6, 6.07) is 23.8. The lowest BCUT2D eigenvalue weighted by atomic mass is 10.1. The molecule has 166 valence electrons. The second kappa shape index (κ2) is 10.5. The van der Waals surface area contributed by atoms with Crippen LogP contribution in [0.2, 0.25) is 0 Å². The molecule has 1 amide bonds. The molecule has 0 heterocycles. The standard InChI is InChI=1S/C26H27NO5/c1-26(2,3)32-25(29)27-21-14-15-22(24(28)31-18-20-12-8-5-9-13-20)23(16-21)30-17-19-10-6-4-7-11-19/h4-16H,17-18H2,1-3H3,(H,27,29). The Kier molecular flexibility index (Phi) is 7.49. The summed E-state index contributed by atoms with van der Waals surface area (Å²) in [5.41, 5.74) is 1.92. The van der Waals surface area contributed by atoms with E-state index < -0.39 is 17.7 Å². The van der Waals surface area contributed by atoms with E-state index >= 15 is 0 Å². The number of benzene rings is 3. The molecule has 0 saturated heterocycles. The Morgan fingerprint density at radius 2 is 1.41 bits per heavy atom. The smallest absolute Gasteiger partial charge is 0.412 e. The van der Waals surface area contributed by atoms with Gasteiger partial charge in [0.2, 0.25) is 0 Å². The van der Waals surface area contributed by atoms with Gasteiger partial charge in [-0.2, -0.15) is 0 Å². The van der Waals surface area contributed by atoms with Gasteiger partial charge in [0, 0.05) is 11.8 Å². The molecular formula is C26H27NO5. The van der Waals surface area contributed by atoms with Crippen LogP contribution >= 0.6 is 0 Å². The third-order valence-electron chi connectivity index (χ3n) is 4.30. The van der Waals surface area contributed by atoms with Crippen LogP contribution in [-0.2, 0) is 22.7 Å². The summed E-state index contributed by atoms with van der Waals surface area (Å²) in [5, 5.41) is 2.67. The molecule has 0 saturated carbocycles. The summed E-state index contributed by atoms with van der Waals surface area (Å²) in [6.45, 7) is 5.76. The van der Waals surface area contributed by atoms with Crippen LogP contribution in [0.3, 0.4) is 0 Å². The van der Waals surface area contributed by atoms with Crippen LogP contribution in [0.25, 0.3) is 0 Å². The molecule has 6 nitrogen and oxygen atoms in total. The zero-order valence-electron chi connectivity index (χ0n) is 18.5. The number of carbonyl (C=O) groups is 2. The summed E-state index contributed by atoms with van der Waals surface area (Å²) in [6.07, 6.45) is -0.592. The molecule has 3 aromatic carbocycles. The van der Waals surface area contributed by atoms with Crippen molar-refractivity contribution in [1.82, 2.24) is 0 Å². The number of carbonyl (C=O) groups excluding carboxylic acids is 2. The number of esters is 1. The molecule has 0 spiro atoms. The molecule has 0 aliphatic carbocycles. The quantitative estimate of drug-likeness (QED) is 0.465. The van der Waals surface area contributed by atoms with Crippen molar-refractivity contribution in [2.24, 2.45) is 0 Å². The lowest BCUT2D eigenvalue weighted by Gasteiger charge is -2.20. The van der Waals surface area contributed by atoms with E-state index in [1.165, 1.54) is 0 Å². The SMILES string of the molecule is CC(C)(C)OC(=O)Nc1ccc(C(=O)OCc2ccccc2)c(OCc2ccccc2)c1. The van der Waals surface area contributed by atoms with E-state index in [1.54, 1.807) is 39.0 Å². The first-order valence-electron chi connectivity index (χ1n) is 10.3. The molecule has 32 heavy (non-hydrogen) atoms. The highest BCUT2D eigenvalue weighted by Crippen LogP contribution is 2.26. The molecule has 0 aromatic heterocycles. The van der Waals surface area contributed by atoms with Gasteiger partial charge >= 0.3 is 12.1 Å². The fourth-order valence-electron chi connectivity index (χ4n) is 2.85. The third-order valence-corrected chi connectivity index (χ3v) is 4.30. The van der Waals surface area contributed by atoms with Crippen molar-refractivity contribution in [3.63, 3.8) is 0 Å². The first kappa shape index (κ1) is 22.9. The van der Waals surface area contributed by atoms with Crippen molar-refractivity contribution >= 4 is 17.7 Å². The predicted octanol–water partition coefficient (Wildman–Crippen LogP) is 5.97. The molecule has 0 atom stereocenters. The second-order valence-corrected chi connectivity index (χ2v) is 8.17. The fraction of sp³-hybridized carbons (Fsp3) is 0.231.